The molecule has 0 aliphatic rings. The molecule has 6 heteroatoms. The second kappa shape index (κ2) is 6.17. The van der Waals surface area contributed by atoms with Gasteiger partial charge in [-0.2, -0.15) is 11.8 Å². The van der Waals surface area contributed by atoms with Crippen molar-refractivity contribution in [1.29, 1.82) is 0 Å². The van der Waals surface area contributed by atoms with Gasteiger partial charge in [0.2, 0.25) is 0 Å². The maximum absolute atomic E-state index is 11.2. The molecular formula is C9H14BrN3OS. The smallest absolute Gasteiger partial charge is 0.267 e. The number of aromatic amines is 1. The van der Waals surface area contributed by atoms with E-state index in [4.69, 9.17) is 0 Å². The number of hydrogen-bond donors (Lipinski definition) is 2. The van der Waals surface area contributed by atoms with Gasteiger partial charge in [-0.1, -0.05) is 0 Å². The summed E-state index contributed by atoms with van der Waals surface area (Å²) in [5.74, 6) is 1.70. The third kappa shape index (κ3) is 3.87. The molecule has 4 nitrogen and oxygen atoms in total. The summed E-state index contributed by atoms with van der Waals surface area (Å²) in [7, 11) is 0. The molecule has 0 spiro atoms. The average molecular weight is 292 g/mol. The summed E-state index contributed by atoms with van der Waals surface area (Å²) in [4.78, 5) is 17.8. The third-order valence-electron chi connectivity index (χ3n) is 1.93. The van der Waals surface area contributed by atoms with Crippen LogP contribution < -0.4 is 10.9 Å². The molecule has 1 aromatic rings. The molecule has 0 aromatic carbocycles. The minimum absolute atomic E-state index is 0.162. The van der Waals surface area contributed by atoms with E-state index in [9.17, 15) is 4.79 Å². The first-order chi connectivity index (χ1) is 7.15. The van der Waals surface area contributed by atoms with Crippen LogP contribution in [0.2, 0.25) is 0 Å². The number of anilines is 1. The molecule has 0 saturated heterocycles. The van der Waals surface area contributed by atoms with Crippen LogP contribution in [-0.4, -0.2) is 28.0 Å². The SMILES string of the molecule is CSCCC(C)Nc1nc[nH]c(=O)c1Br. The van der Waals surface area contributed by atoms with Crippen molar-refractivity contribution in [3.63, 3.8) is 0 Å². The van der Waals surface area contributed by atoms with Crippen LogP contribution in [0.5, 0.6) is 0 Å². The summed E-state index contributed by atoms with van der Waals surface area (Å²) in [6.07, 6.45) is 4.52. The first kappa shape index (κ1) is 12.6. The number of H-pyrrole nitrogens is 1. The van der Waals surface area contributed by atoms with E-state index >= 15 is 0 Å². The van der Waals surface area contributed by atoms with Gasteiger partial charge in [0, 0.05) is 6.04 Å². The summed E-state index contributed by atoms with van der Waals surface area (Å²) < 4.78 is 0.459. The second-order valence-electron chi connectivity index (χ2n) is 3.22. The predicted octanol–water partition coefficient (Wildman–Crippen LogP) is 2.09. The summed E-state index contributed by atoms with van der Waals surface area (Å²) in [5, 5.41) is 3.19. The Morgan fingerprint density at radius 1 is 1.73 bits per heavy atom. The molecule has 15 heavy (non-hydrogen) atoms. The monoisotopic (exact) mass is 291 g/mol. The molecule has 84 valence electrons. The van der Waals surface area contributed by atoms with Crippen molar-refractivity contribution in [3.05, 3.63) is 21.2 Å². The Labute approximate surface area is 101 Å². The lowest BCUT2D eigenvalue weighted by molar-refractivity contribution is 0.764. The van der Waals surface area contributed by atoms with Gasteiger partial charge in [0.1, 0.15) is 10.3 Å². The standard InChI is InChI=1S/C9H14BrN3OS/c1-6(3-4-15-2)13-8-7(10)9(14)12-5-11-8/h5-6H,3-4H2,1-2H3,(H2,11,12,13,14). The maximum atomic E-state index is 11.2. The van der Waals surface area contributed by atoms with Gasteiger partial charge in [0.15, 0.2) is 0 Å². The van der Waals surface area contributed by atoms with Crippen molar-refractivity contribution in [3.8, 4) is 0 Å². The predicted molar refractivity (Wildman–Crippen MR) is 68.6 cm³/mol. The summed E-state index contributed by atoms with van der Waals surface area (Å²) >= 11 is 5.01. The molecule has 0 aliphatic carbocycles. The van der Waals surface area contributed by atoms with Crippen LogP contribution in [0, 0.1) is 0 Å². The zero-order valence-electron chi connectivity index (χ0n) is 8.71. The normalized spacial score (nSPS) is 12.5. The van der Waals surface area contributed by atoms with Gasteiger partial charge in [-0.25, -0.2) is 4.98 Å². The Balaban J connectivity index is 2.64. The van der Waals surface area contributed by atoms with Crippen molar-refractivity contribution < 1.29 is 0 Å². The molecule has 0 radical (unpaired) electrons. The molecule has 0 bridgehead atoms. The molecular weight excluding hydrogens is 278 g/mol. The number of rotatable bonds is 5. The van der Waals surface area contributed by atoms with Crippen molar-refractivity contribution >= 4 is 33.5 Å². The number of nitrogens with one attached hydrogen (secondary N) is 2. The van der Waals surface area contributed by atoms with Gasteiger partial charge >= 0.3 is 0 Å². The zero-order valence-corrected chi connectivity index (χ0v) is 11.1. The minimum Gasteiger partial charge on any atom is -0.366 e. The van der Waals surface area contributed by atoms with Crippen LogP contribution in [0.15, 0.2) is 15.6 Å². The molecule has 0 amide bonds. The highest BCUT2D eigenvalue weighted by atomic mass is 79.9. The quantitative estimate of drug-likeness (QED) is 0.872. The molecule has 2 N–H and O–H groups in total. The van der Waals surface area contributed by atoms with Crippen molar-refractivity contribution in [1.82, 2.24) is 9.97 Å². The van der Waals surface area contributed by atoms with Crippen LogP contribution in [0.25, 0.3) is 0 Å². The van der Waals surface area contributed by atoms with Gasteiger partial charge in [0.25, 0.3) is 5.56 Å². The van der Waals surface area contributed by atoms with E-state index in [2.05, 4.69) is 44.4 Å². The summed E-state index contributed by atoms with van der Waals surface area (Å²) in [6, 6.07) is 0.308. The summed E-state index contributed by atoms with van der Waals surface area (Å²) in [5.41, 5.74) is -0.162. The Kier molecular flexibility index (Phi) is 5.17. The van der Waals surface area contributed by atoms with Gasteiger partial charge in [-0.05, 0) is 41.3 Å². The summed E-state index contributed by atoms with van der Waals surface area (Å²) in [6.45, 7) is 2.07. The van der Waals surface area contributed by atoms with Crippen LogP contribution in [0.4, 0.5) is 5.82 Å². The molecule has 0 fully saturated rings. The van der Waals surface area contributed by atoms with Crippen LogP contribution in [-0.2, 0) is 0 Å². The van der Waals surface area contributed by atoms with E-state index in [1.807, 2.05) is 11.8 Å². The van der Waals surface area contributed by atoms with Crippen LogP contribution in [0.3, 0.4) is 0 Å². The topological polar surface area (TPSA) is 57.8 Å². The van der Waals surface area contributed by atoms with E-state index in [1.54, 1.807) is 0 Å². The molecule has 1 unspecified atom stereocenters. The maximum Gasteiger partial charge on any atom is 0.267 e. The number of nitrogens with zero attached hydrogens (tertiary/aromatic N) is 1. The third-order valence-corrected chi connectivity index (χ3v) is 3.31. The number of thioether (sulfide) groups is 1. The Morgan fingerprint density at radius 2 is 2.47 bits per heavy atom. The van der Waals surface area contributed by atoms with Crippen LogP contribution >= 0.6 is 27.7 Å². The van der Waals surface area contributed by atoms with Crippen molar-refractivity contribution in [2.75, 3.05) is 17.3 Å². The van der Waals surface area contributed by atoms with E-state index in [0.717, 1.165) is 12.2 Å². The lowest BCUT2D eigenvalue weighted by Crippen LogP contribution is -2.20. The highest BCUT2D eigenvalue weighted by molar-refractivity contribution is 9.10. The second-order valence-corrected chi connectivity index (χ2v) is 5.00. The van der Waals surface area contributed by atoms with Gasteiger partial charge in [0.05, 0.1) is 6.33 Å². The molecule has 1 aromatic heterocycles. The van der Waals surface area contributed by atoms with E-state index in [-0.39, 0.29) is 5.56 Å². The van der Waals surface area contributed by atoms with Gasteiger partial charge in [-0.3, -0.25) is 4.79 Å². The molecule has 0 saturated carbocycles. The molecule has 0 aliphatic heterocycles. The fourth-order valence-corrected chi connectivity index (χ4v) is 2.00. The Hall–Kier alpha value is -0.490. The fraction of sp³-hybridized carbons (Fsp3) is 0.556. The Morgan fingerprint density at radius 3 is 3.13 bits per heavy atom. The number of hydrogen-bond acceptors (Lipinski definition) is 4. The van der Waals surface area contributed by atoms with Crippen LogP contribution in [0.1, 0.15) is 13.3 Å². The first-order valence-corrected chi connectivity index (χ1v) is 6.82. The molecule has 1 rings (SSSR count). The highest BCUT2D eigenvalue weighted by Gasteiger charge is 2.08. The number of halogens is 1. The molecule has 1 atom stereocenters. The number of aromatic nitrogens is 2. The lowest BCUT2D eigenvalue weighted by Gasteiger charge is -2.14. The zero-order chi connectivity index (χ0) is 11.3. The first-order valence-electron chi connectivity index (χ1n) is 4.63. The van der Waals surface area contributed by atoms with Gasteiger partial charge in [-0.15, -0.1) is 0 Å². The van der Waals surface area contributed by atoms with Crippen molar-refractivity contribution in [2.24, 2.45) is 0 Å². The van der Waals surface area contributed by atoms with Gasteiger partial charge < -0.3 is 10.3 Å². The van der Waals surface area contributed by atoms with Crippen molar-refractivity contribution in [2.45, 2.75) is 19.4 Å². The average Bonchev–Trinajstić information content (AvgIpc) is 2.22. The van der Waals surface area contributed by atoms with E-state index in [1.165, 1.54) is 6.33 Å². The van der Waals surface area contributed by atoms with E-state index in [0.29, 0.717) is 16.3 Å². The lowest BCUT2D eigenvalue weighted by atomic mass is 10.2. The Bertz CT molecular complexity index is 369. The molecule has 1 heterocycles. The largest absolute Gasteiger partial charge is 0.366 e. The highest BCUT2D eigenvalue weighted by Crippen LogP contribution is 2.15. The fourth-order valence-electron chi connectivity index (χ4n) is 1.08. The van der Waals surface area contributed by atoms with E-state index < -0.39 is 0 Å². The minimum atomic E-state index is -0.162.